The summed E-state index contributed by atoms with van der Waals surface area (Å²) in [7, 11) is 0. The van der Waals surface area contributed by atoms with Gasteiger partial charge < -0.3 is 10.1 Å². The molecule has 0 aliphatic rings. The van der Waals surface area contributed by atoms with E-state index in [1.165, 1.54) is 24.8 Å². The third kappa shape index (κ3) is 7.86. The van der Waals surface area contributed by atoms with Crippen LogP contribution in [0.3, 0.4) is 0 Å². The number of ether oxygens (including phenoxy) is 1. The van der Waals surface area contributed by atoms with Crippen LogP contribution in [0, 0.1) is 0 Å². The largest absolute Gasteiger partial charge is 0.412 e. The fraction of sp³-hybridized carbons (Fsp3) is 0.381. The first-order chi connectivity index (χ1) is 12.3. The van der Waals surface area contributed by atoms with Gasteiger partial charge in [-0.2, -0.15) is 0 Å². The zero-order valence-corrected chi connectivity index (χ0v) is 15.0. The Morgan fingerprint density at radius 1 is 0.960 bits per heavy atom. The van der Waals surface area contributed by atoms with Crippen molar-refractivity contribution in [3.8, 4) is 5.75 Å². The lowest BCUT2D eigenvalue weighted by atomic mass is 10.2. The van der Waals surface area contributed by atoms with E-state index in [1.54, 1.807) is 12.1 Å². The molecule has 2 aromatic rings. The Kier molecular flexibility index (Phi) is 8.56. The Hall–Kier alpha value is -2.33. The van der Waals surface area contributed by atoms with E-state index < -0.39 is 6.09 Å². The molecule has 1 N–H and O–H groups in total. The monoisotopic (exact) mass is 340 g/mol. The molecule has 1 amide bonds. The molecule has 0 saturated heterocycles. The summed E-state index contributed by atoms with van der Waals surface area (Å²) in [6.07, 6.45) is 3.22. The van der Waals surface area contributed by atoms with Gasteiger partial charge in [-0.3, -0.25) is 4.90 Å². The molecule has 4 heteroatoms. The Morgan fingerprint density at radius 2 is 1.64 bits per heavy atom. The predicted octanol–water partition coefficient (Wildman–Crippen LogP) is 4.47. The fourth-order valence-corrected chi connectivity index (χ4v) is 2.64. The summed E-state index contributed by atoms with van der Waals surface area (Å²) < 4.78 is 5.24. The van der Waals surface area contributed by atoms with Crippen molar-refractivity contribution in [1.82, 2.24) is 10.2 Å². The minimum atomic E-state index is -0.403. The van der Waals surface area contributed by atoms with Crippen LogP contribution >= 0.6 is 0 Å². The maximum atomic E-state index is 11.9. The highest BCUT2D eigenvalue weighted by molar-refractivity contribution is 5.70. The molecule has 0 atom stereocenters. The minimum Gasteiger partial charge on any atom is -0.410 e. The molecule has 25 heavy (non-hydrogen) atoms. The number of unbranched alkanes of at least 4 members (excludes halogenated alkanes) is 2. The van der Waals surface area contributed by atoms with Gasteiger partial charge in [-0.15, -0.1) is 0 Å². The van der Waals surface area contributed by atoms with Gasteiger partial charge in [-0.05, 0) is 30.7 Å². The highest BCUT2D eigenvalue weighted by atomic mass is 16.6. The van der Waals surface area contributed by atoms with Gasteiger partial charge in [-0.1, -0.05) is 68.3 Å². The average Bonchev–Trinajstić information content (AvgIpc) is 2.63. The molecule has 0 fully saturated rings. The zero-order chi connectivity index (χ0) is 17.7. The zero-order valence-electron chi connectivity index (χ0n) is 15.0. The maximum absolute atomic E-state index is 11.9. The molecule has 134 valence electrons. The van der Waals surface area contributed by atoms with Gasteiger partial charge in [0, 0.05) is 19.6 Å². The number of hydrogen-bond donors (Lipinski definition) is 1. The molecule has 0 saturated carbocycles. The quantitative estimate of drug-likeness (QED) is 0.649. The summed E-state index contributed by atoms with van der Waals surface area (Å²) in [6, 6.07) is 19.6. The molecular formula is C21H28N2O2. The van der Waals surface area contributed by atoms with Crippen LogP contribution in [0.1, 0.15) is 31.7 Å². The summed E-state index contributed by atoms with van der Waals surface area (Å²) >= 11 is 0. The molecule has 0 bridgehead atoms. The van der Waals surface area contributed by atoms with Crippen LogP contribution in [0.15, 0.2) is 60.7 Å². The topological polar surface area (TPSA) is 41.6 Å². The predicted molar refractivity (Wildman–Crippen MR) is 102 cm³/mol. The number of carbonyl (C=O) groups is 1. The molecule has 4 nitrogen and oxygen atoms in total. The third-order valence-electron chi connectivity index (χ3n) is 3.98. The number of nitrogens with zero attached hydrogens (tertiary/aromatic N) is 1. The van der Waals surface area contributed by atoms with E-state index in [0.29, 0.717) is 12.3 Å². The van der Waals surface area contributed by atoms with Crippen LogP contribution in [-0.2, 0) is 6.54 Å². The lowest BCUT2D eigenvalue weighted by molar-refractivity contribution is 0.196. The molecule has 0 aliphatic carbocycles. The number of rotatable bonds is 10. The van der Waals surface area contributed by atoms with Crippen LogP contribution in [0.5, 0.6) is 5.75 Å². The molecule has 0 aromatic heterocycles. The van der Waals surface area contributed by atoms with E-state index in [4.69, 9.17) is 4.74 Å². The summed E-state index contributed by atoms with van der Waals surface area (Å²) in [5.41, 5.74) is 1.30. The lowest BCUT2D eigenvalue weighted by Crippen LogP contribution is -2.36. The molecule has 0 unspecified atom stereocenters. The Morgan fingerprint density at radius 3 is 2.32 bits per heavy atom. The molecule has 0 spiro atoms. The number of carbonyl (C=O) groups excluding carboxylic acids is 1. The first-order valence-electron chi connectivity index (χ1n) is 9.05. The van der Waals surface area contributed by atoms with Gasteiger partial charge in [0.25, 0.3) is 0 Å². The SMILES string of the molecule is CCCCCN(CCNC(=O)Oc1ccccc1)Cc1ccccc1. The van der Waals surface area contributed by atoms with Crippen LogP contribution in [0.4, 0.5) is 4.79 Å². The molecular weight excluding hydrogens is 312 g/mol. The van der Waals surface area contributed by atoms with Crippen molar-refractivity contribution in [3.05, 3.63) is 66.2 Å². The summed E-state index contributed by atoms with van der Waals surface area (Å²) in [6.45, 7) is 5.54. The van der Waals surface area contributed by atoms with Crippen molar-refractivity contribution in [2.24, 2.45) is 0 Å². The van der Waals surface area contributed by atoms with Gasteiger partial charge >= 0.3 is 6.09 Å². The number of benzene rings is 2. The molecule has 0 radical (unpaired) electrons. The van der Waals surface area contributed by atoms with E-state index in [2.05, 4.69) is 41.4 Å². The highest BCUT2D eigenvalue weighted by Crippen LogP contribution is 2.08. The van der Waals surface area contributed by atoms with Crippen molar-refractivity contribution < 1.29 is 9.53 Å². The van der Waals surface area contributed by atoms with Crippen molar-refractivity contribution >= 4 is 6.09 Å². The summed E-state index contributed by atoms with van der Waals surface area (Å²) in [4.78, 5) is 14.2. The molecule has 0 heterocycles. The van der Waals surface area contributed by atoms with Crippen molar-refractivity contribution in [2.75, 3.05) is 19.6 Å². The average molecular weight is 340 g/mol. The Bertz CT molecular complexity index is 602. The summed E-state index contributed by atoms with van der Waals surface area (Å²) in [5.74, 6) is 0.559. The van der Waals surface area contributed by atoms with Gasteiger partial charge in [0.1, 0.15) is 5.75 Å². The second-order valence-electron chi connectivity index (χ2n) is 6.10. The van der Waals surface area contributed by atoms with E-state index in [9.17, 15) is 4.79 Å². The number of nitrogens with one attached hydrogen (secondary N) is 1. The molecule has 2 rings (SSSR count). The maximum Gasteiger partial charge on any atom is 0.412 e. The van der Waals surface area contributed by atoms with E-state index in [1.807, 2.05) is 24.3 Å². The second kappa shape index (κ2) is 11.3. The van der Waals surface area contributed by atoms with Gasteiger partial charge in [-0.25, -0.2) is 4.79 Å². The molecule has 0 aliphatic heterocycles. The van der Waals surface area contributed by atoms with Gasteiger partial charge in [0.15, 0.2) is 0 Å². The van der Waals surface area contributed by atoms with Crippen molar-refractivity contribution in [2.45, 2.75) is 32.7 Å². The van der Waals surface area contributed by atoms with Crippen LogP contribution in [-0.4, -0.2) is 30.6 Å². The van der Waals surface area contributed by atoms with Crippen LogP contribution in [0.25, 0.3) is 0 Å². The second-order valence-corrected chi connectivity index (χ2v) is 6.10. The standard InChI is InChI=1S/C21H28N2O2/c1-2-3-10-16-23(18-19-11-6-4-7-12-19)17-15-22-21(24)25-20-13-8-5-9-14-20/h4-9,11-14H,2-3,10,15-18H2,1H3,(H,22,24). The highest BCUT2D eigenvalue weighted by Gasteiger charge is 2.08. The van der Waals surface area contributed by atoms with Crippen molar-refractivity contribution in [1.29, 1.82) is 0 Å². The molecule has 2 aromatic carbocycles. The smallest absolute Gasteiger partial charge is 0.410 e. The van der Waals surface area contributed by atoms with Crippen molar-refractivity contribution in [3.63, 3.8) is 0 Å². The first kappa shape index (κ1) is 19.0. The third-order valence-corrected chi connectivity index (χ3v) is 3.98. The lowest BCUT2D eigenvalue weighted by Gasteiger charge is -2.22. The summed E-state index contributed by atoms with van der Waals surface area (Å²) in [5, 5.41) is 2.83. The first-order valence-corrected chi connectivity index (χ1v) is 9.05. The van der Waals surface area contributed by atoms with E-state index in [0.717, 1.165) is 19.6 Å². The number of amides is 1. The van der Waals surface area contributed by atoms with Gasteiger partial charge in [0.2, 0.25) is 0 Å². The normalized spacial score (nSPS) is 10.6. The Balaban J connectivity index is 1.76. The van der Waals surface area contributed by atoms with E-state index >= 15 is 0 Å². The van der Waals surface area contributed by atoms with Crippen LogP contribution < -0.4 is 10.1 Å². The minimum absolute atomic E-state index is 0.403. The van der Waals surface area contributed by atoms with Gasteiger partial charge in [0.05, 0.1) is 0 Å². The fourth-order valence-electron chi connectivity index (χ4n) is 2.64. The number of para-hydroxylation sites is 1. The Labute approximate surface area is 150 Å². The number of hydrogen-bond acceptors (Lipinski definition) is 3. The van der Waals surface area contributed by atoms with Crippen LogP contribution in [0.2, 0.25) is 0 Å². The van der Waals surface area contributed by atoms with E-state index in [-0.39, 0.29) is 0 Å².